The molecule has 0 radical (unpaired) electrons. The van der Waals surface area contributed by atoms with Crippen molar-refractivity contribution in [1.82, 2.24) is 4.90 Å². The third kappa shape index (κ3) is 9.96. The van der Waals surface area contributed by atoms with Crippen LogP contribution in [0.5, 0.6) is 0 Å². The van der Waals surface area contributed by atoms with Gasteiger partial charge in [0.05, 0.1) is 29.8 Å². The molecular weight excluding hydrogens is 754 g/mol. The van der Waals surface area contributed by atoms with Gasteiger partial charge in [0.15, 0.2) is 0 Å². The molecule has 8 nitrogen and oxygen atoms in total. The van der Waals surface area contributed by atoms with Crippen molar-refractivity contribution in [2.24, 2.45) is 0 Å². The van der Waals surface area contributed by atoms with Gasteiger partial charge < -0.3 is 19.4 Å². The number of halogens is 5. The Hall–Kier alpha value is -5.10. The van der Waals surface area contributed by atoms with Crippen LogP contribution in [-0.4, -0.2) is 49.6 Å². The van der Waals surface area contributed by atoms with Gasteiger partial charge in [-0.05, 0) is 71.7 Å². The molecular formula is C42H38Cl2F3N3O5. The summed E-state index contributed by atoms with van der Waals surface area (Å²) < 4.78 is 52.6. The van der Waals surface area contributed by atoms with Gasteiger partial charge >= 0.3 is 17.8 Å². The number of para-hydroxylation sites is 1. The molecule has 1 aromatic heterocycles. The van der Waals surface area contributed by atoms with E-state index in [9.17, 15) is 27.6 Å². The maximum absolute atomic E-state index is 13.9. The van der Waals surface area contributed by atoms with Gasteiger partial charge in [0.25, 0.3) is 0 Å². The van der Waals surface area contributed by atoms with Crippen LogP contribution >= 0.6 is 23.2 Å². The smallest absolute Gasteiger partial charge is 0.418 e. The predicted molar refractivity (Wildman–Crippen MR) is 211 cm³/mol. The van der Waals surface area contributed by atoms with E-state index < -0.39 is 41.4 Å². The summed E-state index contributed by atoms with van der Waals surface area (Å²) in [7, 11) is 0. The Labute approximate surface area is 326 Å². The second kappa shape index (κ2) is 17.6. The summed E-state index contributed by atoms with van der Waals surface area (Å²) in [6.45, 7) is 5.94. The molecule has 0 saturated carbocycles. The number of fused-ring (bicyclic) bond motifs is 1. The third-order valence-electron chi connectivity index (χ3n) is 9.28. The molecule has 1 amide bonds. The molecule has 1 saturated heterocycles. The molecule has 0 unspecified atom stereocenters. The average Bonchev–Trinajstić information content (AvgIpc) is 3.16. The van der Waals surface area contributed by atoms with Crippen LogP contribution in [0.2, 0.25) is 10.0 Å². The van der Waals surface area contributed by atoms with E-state index in [2.05, 4.69) is 27.2 Å². The minimum Gasteiger partial charge on any atom is -0.463 e. The number of anilines is 2. The van der Waals surface area contributed by atoms with Gasteiger partial charge in [-0.15, -0.1) is 0 Å². The van der Waals surface area contributed by atoms with E-state index in [0.717, 1.165) is 62.4 Å². The van der Waals surface area contributed by atoms with Gasteiger partial charge in [-0.3, -0.25) is 9.69 Å². The Bertz CT molecular complexity index is 2270. The normalized spacial score (nSPS) is 13.7. The van der Waals surface area contributed by atoms with Crippen LogP contribution in [0.25, 0.3) is 28.2 Å². The molecule has 2 heterocycles. The zero-order chi connectivity index (χ0) is 39.1. The van der Waals surface area contributed by atoms with E-state index in [-0.39, 0.29) is 16.2 Å². The highest BCUT2D eigenvalue weighted by Crippen LogP contribution is 2.38. The summed E-state index contributed by atoms with van der Waals surface area (Å²) in [5.41, 5.74) is 0.975. The van der Waals surface area contributed by atoms with Crippen molar-refractivity contribution in [3.63, 3.8) is 0 Å². The lowest BCUT2D eigenvalue weighted by atomic mass is 9.93. The number of rotatable bonds is 12. The molecule has 0 atom stereocenters. The largest absolute Gasteiger partial charge is 0.463 e. The molecule has 1 aliphatic heterocycles. The van der Waals surface area contributed by atoms with Crippen LogP contribution in [0.3, 0.4) is 0 Å². The van der Waals surface area contributed by atoms with E-state index in [0.29, 0.717) is 40.3 Å². The fourth-order valence-electron chi connectivity index (χ4n) is 6.50. The number of amides is 1. The molecule has 286 valence electrons. The Balaban J connectivity index is 1.37. The van der Waals surface area contributed by atoms with Crippen LogP contribution in [-0.2, 0) is 33.5 Å². The molecule has 13 heteroatoms. The van der Waals surface area contributed by atoms with Crippen molar-refractivity contribution >= 4 is 63.5 Å². The minimum atomic E-state index is -4.80. The van der Waals surface area contributed by atoms with Crippen LogP contribution in [0.15, 0.2) is 100 Å². The lowest BCUT2D eigenvalue weighted by Crippen LogP contribution is -2.46. The highest BCUT2D eigenvalue weighted by atomic mass is 35.5. The Morgan fingerprint density at radius 1 is 0.945 bits per heavy atom. The van der Waals surface area contributed by atoms with E-state index in [1.54, 1.807) is 36.4 Å². The Morgan fingerprint density at radius 2 is 1.71 bits per heavy atom. The summed E-state index contributed by atoms with van der Waals surface area (Å²) in [6.07, 6.45) is -0.924. The lowest BCUT2D eigenvalue weighted by molar-refractivity contribution is -0.138. The van der Waals surface area contributed by atoms with Crippen LogP contribution in [0.1, 0.15) is 42.0 Å². The van der Waals surface area contributed by atoms with Crippen molar-refractivity contribution in [3.8, 4) is 11.1 Å². The number of ether oxygens (including phenoxy) is 1. The summed E-state index contributed by atoms with van der Waals surface area (Å²) in [4.78, 5) is 44.1. The van der Waals surface area contributed by atoms with Crippen molar-refractivity contribution in [2.75, 3.05) is 43.0 Å². The first kappa shape index (κ1) is 39.6. The SMILES string of the molecule is CCCCOC(=O)C=Cc1cccc(-c2c(CC(=O)Nc3ccc(Cl)cc3C(F)(F)F)c(=O)oc3cc(Cl)c(CN4CCN(c5ccccc5)CC4)cc23)c1. The standard InChI is InChI=1S/C42H38Cl2F3N3O5/c1-2-3-20-54-39(52)15-12-27-8-7-9-28(21-27)40-32-22-29(26-49-16-18-50(19-17-49)31-10-5-4-6-11-31)35(44)25-37(32)55-41(53)33(40)24-38(51)48-36-14-13-30(43)23-34(36)42(45,46)47/h4-15,21-23,25H,2-3,16-20,24,26H2,1H3,(H,48,51). The van der Waals surface area contributed by atoms with Crippen molar-refractivity contribution in [2.45, 2.75) is 38.9 Å². The summed E-state index contributed by atoms with van der Waals surface area (Å²) in [6, 6.07) is 23.5. The fraction of sp³-hybridized carbons (Fsp3) is 0.262. The van der Waals surface area contributed by atoms with Crippen LogP contribution in [0, 0.1) is 0 Å². The first-order chi connectivity index (χ1) is 26.4. The number of hydrogen-bond acceptors (Lipinski definition) is 7. The summed E-state index contributed by atoms with van der Waals surface area (Å²) >= 11 is 12.6. The first-order valence-electron chi connectivity index (χ1n) is 17.8. The molecule has 4 aromatic carbocycles. The van der Waals surface area contributed by atoms with Gasteiger partial charge in [0.2, 0.25) is 5.91 Å². The highest BCUT2D eigenvalue weighted by Gasteiger charge is 2.34. The van der Waals surface area contributed by atoms with Crippen molar-refractivity contribution in [1.29, 1.82) is 0 Å². The van der Waals surface area contributed by atoms with Crippen molar-refractivity contribution in [3.05, 3.63) is 134 Å². The van der Waals surface area contributed by atoms with E-state index in [4.69, 9.17) is 32.4 Å². The molecule has 0 bridgehead atoms. The van der Waals surface area contributed by atoms with Gasteiger partial charge in [-0.1, -0.05) is 72.9 Å². The monoisotopic (exact) mass is 791 g/mol. The fourth-order valence-corrected chi connectivity index (χ4v) is 6.89. The maximum atomic E-state index is 13.9. The molecule has 6 rings (SSSR count). The zero-order valence-corrected chi connectivity index (χ0v) is 31.4. The van der Waals surface area contributed by atoms with E-state index >= 15 is 0 Å². The van der Waals surface area contributed by atoms with Crippen LogP contribution < -0.4 is 15.8 Å². The lowest BCUT2D eigenvalue weighted by Gasteiger charge is -2.36. The number of unbranched alkanes of at least 4 members (excludes halogenated alkanes) is 1. The molecule has 1 aliphatic rings. The molecule has 1 fully saturated rings. The highest BCUT2D eigenvalue weighted by molar-refractivity contribution is 6.32. The summed E-state index contributed by atoms with van der Waals surface area (Å²) in [5.74, 6) is -1.39. The number of esters is 1. The quantitative estimate of drug-likeness (QED) is 0.0583. The molecule has 1 N–H and O–H groups in total. The summed E-state index contributed by atoms with van der Waals surface area (Å²) in [5, 5.41) is 3.02. The molecule has 55 heavy (non-hydrogen) atoms. The molecule has 5 aromatic rings. The topological polar surface area (TPSA) is 92.1 Å². The minimum absolute atomic E-state index is 0.0719. The van der Waals surface area contributed by atoms with Gasteiger partial charge in [-0.2, -0.15) is 13.2 Å². The second-order valence-corrected chi connectivity index (χ2v) is 14.0. The third-order valence-corrected chi connectivity index (χ3v) is 9.87. The van der Waals surface area contributed by atoms with E-state index in [1.807, 2.05) is 31.2 Å². The number of benzene rings is 4. The Kier molecular flexibility index (Phi) is 12.7. The van der Waals surface area contributed by atoms with E-state index in [1.165, 1.54) is 12.1 Å². The first-order valence-corrected chi connectivity index (χ1v) is 18.6. The number of piperazine rings is 1. The molecule has 0 aliphatic carbocycles. The number of hydrogen-bond donors (Lipinski definition) is 1. The second-order valence-electron chi connectivity index (χ2n) is 13.2. The zero-order valence-electron chi connectivity index (χ0n) is 29.9. The Morgan fingerprint density at radius 3 is 2.44 bits per heavy atom. The number of nitrogens with zero attached hydrogens (tertiary/aromatic N) is 2. The predicted octanol–water partition coefficient (Wildman–Crippen LogP) is 9.65. The van der Waals surface area contributed by atoms with Gasteiger partial charge in [-0.25, -0.2) is 9.59 Å². The maximum Gasteiger partial charge on any atom is 0.418 e. The number of alkyl halides is 3. The average molecular weight is 793 g/mol. The van der Waals surface area contributed by atoms with Crippen LogP contribution in [0.4, 0.5) is 24.5 Å². The van der Waals surface area contributed by atoms with Crippen molar-refractivity contribution < 1.29 is 31.9 Å². The van der Waals surface area contributed by atoms with Gasteiger partial charge in [0, 0.05) is 71.5 Å². The number of nitrogens with one attached hydrogen (secondary N) is 1. The number of carbonyl (C=O) groups is 2. The van der Waals surface area contributed by atoms with Gasteiger partial charge in [0.1, 0.15) is 5.58 Å². The number of carbonyl (C=O) groups excluding carboxylic acids is 2. The molecule has 0 spiro atoms.